The predicted octanol–water partition coefficient (Wildman–Crippen LogP) is -0.321. The van der Waals surface area contributed by atoms with Crippen molar-refractivity contribution in [3.63, 3.8) is 0 Å². The van der Waals surface area contributed by atoms with Gasteiger partial charge >= 0.3 is 0 Å². The number of ether oxygens (including phenoxy) is 1. The first-order valence-corrected chi connectivity index (χ1v) is 5.48. The molecule has 1 rings (SSSR count). The highest BCUT2D eigenvalue weighted by Gasteiger charge is 2.08. The number of aliphatic hydroxyl groups is 1. The lowest BCUT2D eigenvalue weighted by molar-refractivity contribution is 0.0374. The van der Waals surface area contributed by atoms with E-state index in [4.69, 9.17) is 9.84 Å². The molecule has 1 aliphatic rings. The number of rotatable bonds is 6. The lowest BCUT2D eigenvalue weighted by Crippen LogP contribution is -2.38. The van der Waals surface area contributed by atoms with E-state index in [2.05, 4.69) is 10.2 Å². The maximum Gasteiger partial charge on any atom is 0.0636 e. The Hall–Kier alpha value is -0.160. The van der Waals surface area contributed by atoms with Crippen LogP contribution in [-0.4, -0.2) is 62.0 Å². The normalized spacial score (nSPS) is 21.0. The Labute approximate surface area is 86.2 Å². The van der Waals surface area contributed by atoms with Gasteiger partial charge in [0.15, 0.2) is 0 Å². The van der Waals surface area contributed by atoms with Gasteiger partial charge < -0.3 is 15.2 Å². The molecule has 0 unspecified atom stereocenters. The maximum atomic E-state index is 9.01. The Morgan fingerprint density at radius 1 is 1.43 bits per heavy atom. The maximum absolute atomic E-state index is 9.01. The van der Waals surface area contributed by atoms with Crippen LogP contribution in [0.5, 0.6) is 0 Å². The Bertz CT molecular complexity index is 136. The van der Waals surface area contributed by atoms with E-state index in [1.807, 2.05) is 0 Å². The largest absolute Gasteiger partial charge is 0.392 e. The SMILES string of the molecule is C[C@@H](O)CNCCCN1CCOCC1. The standard InChI is InChI=1S/C10H22N2O2/c1-10(13)9-11-3-2-4-12-5-7-14-8-6-12/h10-11,13H,2-9H2,1H3/t10-/m1/s1. The summed E-state index contributed by atoms with van der Waals surface area (Å²) in [5, 5.41) is 12.2. The number of aliphatic hydroxyl groups excluding tert-OH is 1. The van der Waals surface area contributed by atoms with Crippen molar-refractivity contribution >= 4 is 0 Å². The van der Waals surface area contributed by atoms with Crippen molar-refractivity contribution in [2.45, 2.75) is 19.4 Å². The molecule has 1 aliphatic heterocycles. The molecule has 14 heavy (non-hydrogen) atoms. The summed E-state index contributed by atoms with van der Waals surface area (Å²) in [5.74, 6) is 0. The zero-order chi connectivity index (χ0) is 10.2. The van der Waals surface area contributed by atoms with Gasteiger partial charge in [-0.3, -0.25) is 4.90 Å². The zero-order valence-electron chi connectivity index (χ0n) is 9.04. The second-order valence-electron chi connectivity index (χ2n) is 3.86. The highest BCUT2D eigenvalue weighted by Crippen LogP contribution is 1.97. The van der Waals surface area contributed by atoms with Crippen molar-refractivity contribution in [2.24, 2.45) is 0 Å². The summed E-state index contributed by atoms with van der Waals surface area (Å²) in [7, 11) is 0. The summed E-state index contributed by atoms with van der Waals surface area (Å²) in [4.78, 5) is 2.42. The molecule has 2 N–H and O–H groups in total. The third-order valence-electron chi connectivity index (χ3n) is 2.37. The fourth-order valence-electron chi connectivity index (χ4n) is 1.56. The summed E-state index contributed by atoms with van der Waals surface area (Å²) < 4.78 is 5.27. The number of nitrogens with one attached hydrogen (secondary N) is 1. The van der Waals surface area contributed by atoms with Crippen molar-refractivity contribution < 1.29 is 9.84 Å². The van der Waals surface area contributed by atoms with E-state index in [0.717, 1.165) is 45.8 Å². The molecule has 1 atom stereocenters. The predicted molar refractivity (Wildman–Crippen MR) is 56.4 cm³/mol. The number of hydrogen-bond acceptors (Lipinski definition) is 4. The van der Waals surface area contributed by atoms with Gasteiger partial charge in [-0.1, -0.05) is 0 Å². The Morgan fingerprint density at radius 3 is 2.79 bits per heavy atom. The highest BCUT2D eigenvalue weighted by atomic mass is 16.5. The van der Waals surface area contributed by atoms with Crippen LogP contribution >= 0.6 is 0 Å². The average molecular weight is 202 g/mol. The Balaban J connectivity index is 1.87. The molecule has 84 valence electrons. The number of hydrogen-bond donors (Lipinski definition) is 2. The van der Waals surface area contributed by atoms with Crippen molar-refractivity contribution in [1.82, 2.24) is 10.2 Å². The van der Waals surface area contributed by atoms with E-state index in [0.29, 0.717) is 6.54 Å². The minimum absolute atomic E-state index is 0.238. The molecule has 1 saturated heterocycles. The van der Waals surface area contributed by atoms with Gasteiger partial charge in [0.05, 0.1) is 19.3 Å². The van der Waals surface area contributed by atoms with Crippen molar-refractivity contribution in [1.29, 1.82) is 0 Å². The van der Waals surface area contributed by atoms with Crippen LogP contribution in [-0.2, 0) is 4.74 Å². The Morgan fingerprint density at radius 2 is 2.14 bits per heavy atom. The second kappa shape index (κ2) is 7.17. The average Bonchev–Trinajstić information content (AvgIpc) is 2.18. The monoisotopic (exact) mass is 202 g/mol. The Kier molecular flexibility index (Phi) is 6.10. The molecule has 0 amide bonds. The summed E-state index contributed by atoms with van der Waals surface area (Å²) in [6.07, 6.45) is 0.908. The molecule has 4 heteroatoms. The van der Waals surface area contributed by atoms with Gasteiger partial charge in [-0.05, 0) is 26.4 Å². The van der Waals surface area contributed by atoms with Gasteiger partial charge in [0.1, 0.15) is 0 Å². The van der Waals surface area contributed by atoms with E-state index < -0.39 is 0 Å². The van der Waals surface area contributed by atoms with Gasteiger partial charge in [-0.25, -0.2) is 0 Å². The molecule has 4 nitrogen and oxygen atoms in total. The molecule has 0 aliphatic carbocycles. The fourth-order valence-corrected chi connectivity index (χ4v) is 1.56. The van der Waals surface area contributed by atoms with Gasteiger partial charge in [0, 0.05) is 19.6 Å². The van der Waals surface area contributed by atoms with Crippen LogP contribution < -0.4 is 5.32 Å². The zero-order valence-corrected chi connectivity index (χ0v) is 9.04. The second-order valence-corrected chi connectivity index (χ2v) is 3.86. The first-order chi connectivity index (χ1) is 6.79. The summed E-state index contributed by atoms with van der Waals surface area (Å²) in [6.45, 7) is 8.51. The van der Waals surface area contributed by atoms with Gasteiger partial charge in [-0.2, -0.15) is 0 Å². The molecule has 0 bridgehead atoms. The van der Waals surface area contributed by atoms with E-state index in [-0.39, 0.29) is 6.10 Å². The van der Waals surface area contributed by atoms with Crippen LogP contribution in [0.3, 0.4) is 0 Å². The van der Waals surface area contributed by atoms with E-state index in [9.17, 15) is 0 Å². The molecule has 1 fully saturated rings. The van der Waals surface area contributed by atoms with Crippen LogP contribution in [0.4, 0.5) is 0 Å². The van der Waals surface area contributed by atoms with Crippen LogP contribution in [0.1, 0.15) is 13.3 Å². The van der Waals surface area contributed by atoms with Crippen LogP contribution in [0.15, 0.2) is 0 Å². The van der Waals surface area contributed by atoms with E-state index >= 15 is 0 Å². The number of nitrogens with zero attached hydrogens (tertiary/aromatic N) is 1. The summed E-state index contributed by atoms with van der Waals surface area (Å²) in [5.41, 5.74) is 0. The van der Waals surface area contributed by atoms with E-state index in [1.54, 1.807) is 6.92 Å². The fraction of sp³-hybridized carbons (Fsp3) is 1.00. The smallest absolute Gasteiger partial charge is 0.0636 e. The minimum atomic E-state index is -0.238. The highest BCUT2D eigenvalue weighted by molar-refractivity contribution is 4.62. The topological polar surface area (TPSA) is 44.7 Å². The van der Waals surface area contributed by atoms with Gasteiger partial charge in [-0.15, -0.1) is 0 Å². The van der Waals surface area contributed by atoms with Crippen LogP contribution in [0.25, 0.3) is 0 Å². The summed E-state index contributed by atoms with van der Waals surface area (Å²) >= 11 is 0. The van der Waals surface area contributed by atoms with Gasteiger partial charge in [0.2, 0.25) is 0 Å². The van der Waals surface area contributed by atoms with Crippen molar-refractivity contribution in [3.8, 4) is 0 Å². The first kappa shape index (κ1) is 11.9. The van der Waals surface area contributed by atoms with Crippen molar-refractivity contribution in [3.05, 3.63) is 0 Å². The molecule has 0 aromatic carbocycles. The molecule has 0 aromatic heterocycles. The summed E-state index contributed by atoms with van der Waals surface area (Å²) in [6, 6.07) is 0. The molecule has 0 spiro atoms. The minimum Gasteiger partial charge on any atom is -0.392 e. The van der Waals surface area contributed by atoms with Crippen molar-refractivity contribution in [2.75, 3.05) is 45.9 Å². The number of morpholine rings is 1. The third-order valence-corrected chi connectivity index (χ3v) is 2.37. The third kappa shape index (κ3) is 5.54. The molecular weight excluding hydrogens is 180 g/mol. The molecular formula is C10H22N2O2. The molecule has 0 aromatic rings. The quantitative estimate of drug-likeness (QED) is 0.579. The molecule has 1 heterocycles. The lowest BCUT2D eigenvalue weighted by atomic mass is 10.3. The molecule has 0 saturated carbocycles. The van der Waals surface area contributed by atoms with Crippen LogP contribution in [0.2, 0.25) is 0 Å². The van der Waals surface area contributed by atoms with E-state index in [1.165, 1.54) is 0 Å². The molecule has 0 radical (unpaired) electrons. The van der Waals surface area contributed by atoms with Crippen LogP contribution in [0, 0.1) is 0 Å². The van der Waals surface area contributed by atoms with Gasteiger partial charge in [0.25, 0.3) is 0 Å². The first-order valence-electron chi connectivity index (χ1n) is 5.48. The lowest BCUT2D eigenvalue weighted by Gasteiger charge is -2.26.